The number of hydrogen-bond donors (Lipinski definition) is 3. The molecule has 0 saturated carbocycles. The molecule has 1 heterocycles. The molecule has 1 aliphatic heterocycles. The number of nitrogens with one attached hydrogen (secondary N) is 2. The summed E-state index contributed by atoms with van der Waals surface area (Å²) >= 11 is 0. The van der Waals surface area contributed by atoms with Crippen molar-refractivity contribution in [1.82, 2.24) is 25.3 Å². The standard InChI is InChI=1S/C44H75N5O8/c1-13-23-48(24-14-2)38(29(6)7)42(52)46-37(28(4)5)43(53)47(10)39(30(8)15-3)35(56-11)27-36(50)49-25-19-22-34(49)40(57-12)31(9)41(51)45-33(44(54)55)26-32-20-17-16-18-21-32/h16-18,20-21,28-31,33-35,37-40H,13-15,19,22-27H2,1-12H3,(H,45,51)(H,46,52)(H,54,55)/t30-,31+,33-,34-,35+,37-,38-,39-,40+/m0/s1. The van der Waals surface area contributed by atoms with Crippen molar-refractivity contribution in [2.75, 3.05) is 40.9 Å². The third kappa shape index (κ3) is 13.8. The molecule has 0 aliphatic carbocycles. The maximum Gasteiger partial charge on any atom is 0.326 e. The minimum Gasteiger partial charge on any atom is -0.480 e. The Balaban J connectivity index is 2.30. The smallest absolute Gasteiger partial charge is 0.326 e. The van der Waals surface area contributed by atoms with Crippen molar-refractivity contribution in [2.24, 2.45) is 23.7 Å². The predicted octanol–water partition coefficient (Wildman–Crippen LogP) is 5.01. The summed E-state index contributed by atoms with van der Waals surface area (Å²) in [4.78, 5) is 74.0. The molecular formula is C44H75N5O8. The minimum atomic E-state index is -1.14. The average Bonchev–Trinajstić information content (AvgIpc) is 3.66. The Labute approximate surface area is 343 Å². The number of methoxy groups -OCH3 is 2. The van der Waals surface area contributed by atoms with Crippen LogP contribution in [0.1, 0.15) is 106 Å². The van der Waals surface area contributed by atoms with Gasteiger partial charge < -0.3 is 35.0 Å². The Morgan fingerprint density at radius 3 is 1.98 bits per heavy atom. The largest absolute Gasteiger partial charge is 0.480 e. The molecule has 1 aromatic rings. The number of ether oxygens (including phenoxy) is 2. The van der Waals surface area contributed by atoms with Crippen LogP contribution in [-0.4, -0.2) is 133 Å². The van der Waals surface area contributed by atoms with E-state index in [1.807, 2.05) is 71.9 Å². The van der Waals surface area contributed by atoms with Crippen LogP contribution in [0.5, 0.6) is 0 Å². The van der Waals surface area contributed by atoms with E-state index < -0.39 is 54.2 Å². The van der Waals surface area contributed by atoms with Gasteiger partial charge in [-0.15, -0.1) is 0 Å². The first kappa shape index (κ1) is 49.6. The molecule has 1 fully saturated rings. The number of likely N-dealkylation sites (tertiary alicyclic amines) is 1. The number of likely N-dealkylation sites (N-methyl/N-ethyl adjacent to an activating group) is 1. The van der Waals surface area contributed by atoms with Gasteiger partial charge in [0.25, 0.3) is 0 Å². The summed E-state index contributed by atoms with van der Waals surface area (Å²) in [6.07, 6.45) is 2.66. The first-order chi connectivity index (χ1) is 27.0. The molecule has 13 heteroatoms. The highest BCUT2D eigenvalue weighted by Gasteiger charge is 2.43. The van der Waals surface area contributed by atoms with Crippen molar-refractivity contribution in [3.8, 4) is 0 Å². The molecule has 0 radical (unpaired) electrons. The Morgan fingerprint density at radius 2 is 1.49 bits per heavy atom. The molecule has 3 N–H and O–H groups in total. The molecule has 0 unspecified atom stereocenters. The van der Waals surface area contributed by atoms with Crippen LogP contribution in [0.3, 0.4) is 0 Å². The molecule has 1 aliphatic rings. The average molecular weight is 802 g/mol. The van der Waals surface area contributed by atoms with Crippen LogP contribution in [0.2, 0.25) is 0 Å². The van der Waals surface area contributed by atoms with E-state index >= 15 is 0 Å². The zero-order valence-electron chi connectivity index (χ0n) is 37.0. The van der Waals surface area contributed by atoms with Crippen LogP contribution < -0.4 is 10.6 Å². The number of rotatable bonds is 25. The van der Waals surface area contributed by atoms with Gasteiger partial charge in [0, 0.05) is 34.2 Å². The second-order valence-electron chi connectivity index (χ2n) is 16.6. The minimum absolute atomic E-state index is 0.00801. The summed E-state index contributed by atoms with van der Waals surface area (Å²) in [5.74, 6) is -3.12. The predicted molar refractivity (Wildman–Crippen MR) is 223 cm³/mol. The molecule has 0 spiro atoms. The third-order valence-electron chi connectivity index (χ3n) is 11.7. The Morgan fingerprint density at radius 1 is 0.877 bits per heavy atom. The quantitative estimate of drug-likeness (QED) is 0.124. The molecule has 13 nitrogen and oxygen atoms in total. The topological polar surface area (TPSA) is 158 Å². The summed E-state index contributed by atoms with van der Waals surface area (Å²) in [5.41, 5.74) is 0.787. The van der Waals surface area contributed by atoms with E-state index in [1.165, 1.54) is 7.11 Å². The van der Waals surface area contributed by atoms with Gasteiger partial charge in [-0.05, 0) is 62.1 Å². The van der Waals surface area contributed by atoms with Gasteiger partial charge in [0.05, 0.1) is 42.7 Å². The third-order valence-corrected chi connectivity index (χ3v) is 11.7. The number of carboxylic acid groups (broad SMARTS) is 1. The molecular weight excluding hydrogens is 727 g/mol. The molecule has 9 atom stereocenters. The summed E-state index contributed by atoms with van der Waals surface area (Å²) < 4.78 is 11.9. The summed E-state index contributed by atoms with van der Waals surface area (Å²) in [6, 6.07) is 5.94. The van der Waals surface area contributed by atoms with Crippen LogP contribution in [0, 0.1) is 23.7 Å². The molecule has 0 aromatic heterocycles. The first-order valence-electron chi connectivity index (χ1n) is 21.2. The lowest BCUT2D eigenvalue weighted by Gasteiger charge is -2.41. The number of carbonyl (C=O) groups excluding carboxylic acids is 4. The van der Waals surface area contributed by atoms with E-state index in [9.17, 15) is 29.1 Å². The summed E-state index contributed by atoms with van der Waals surface area (Å²) in [7, 11) is 4.79. The van der Waals surface area contributed by atoms with E-state index in [-0.39, 0.29) is 54.4 Å². The van der Waals surface area contributed by atoms with Crippen LogP contribution in [0.25, 0.3) is 0 Å². The van der Waals surface area contributed by atoms with Crippen molar-refractivity contribution in [3.05, 3.63) is 35.9 Å². The number of benzene rings is 1. The van der Waals surface area contributed by atoms with E-state index in [0.29, 0.717) is 19.4 Å². The Hall–Kier alpha value is -3.55. The van der Waals surface area contributed by atoms with Gasteiger partial charge in [-0.3, -0.25) is 24.1 Å². The van der Waals surface area contributed by atoms with Gasteiger partial charge in [0.2, 0.25) is 23.6 Å². The lowest BCUT2D eigenvalue weighted by molar-refractivity contribution is -0.148. The lowest BCUT2D eigenvalue weighted by Crippen LogP contribution is -2.60. The normalized spacial score (nSPS) is 18.7. The zero-order chi connectivity index (χ0) is 43.0. The second-order valence-corrected chi connectivity index (χ2v) is 16.6. The fraction of sp³-hybridized carbons (Fsp3) is 0.750. The highest BCUT2D eigenvalue weighted by molar-refractivity contribution is 5.90. The van der Waals surface area contributed by atoms with Gasteiger partial charge in [-0.1, -0.05) is 99.1 Å². The van der Waals surface area contributed by atoms with Crippen molar-refractivity contribution in [2.45, 2.75) is 150 Å². The number of carboxylic acids is 1. The molecule has 1 aromatic carbocycles. The van der Waals surface area contributed by atoms with Gasteiger partial charge >= 0.3 is 5.97 Å². The van der Waals surface area contributed by atoms with Gasteiger partial charge in [0.15, 0.2) is 0 Å². The SMILES string of the molecule is CCCN(CCC)[C@H](C(=O)N[C@H](C(=O)N(C)[C@@H]([C@@H](C)CC)[C@@H](CC(=O)N1CCC[C@H]1[C@H](OC)[C@@H](C)C(=O)N[C@@H](Cc1ccccc1)C(=O)O)OC)C(C)C)C(C)C. The van der Waals surface area contributed by atoms with Crippen LogP contribution in [0.15, 0.2) is 30.3 Å². The Bertz CT molecular complexity index is 1400. The molecule has 324 valence electrons. The summed E-state index contributed by atoms with van der Waals surface area (Å²) in [6.45, 7) is 20.0. The van der Waals surface area contributed by atoms with Crippen LogP contribution in [-0.2, 0) is 39.9 Å². The summed E-state index contributed by atoms with van der Waals surface area (Å²) in [5, 5.41) is 15.7. The fourth-order valence-electron chi connectivity index (χ4n) is 8.49. The Kier molecular flexibility index (Phi) is 21.2. The van der Waals surface area contributed by atoms with E-state index in [4.69, 9.17) is 9.47 Å². The monoisotopic (exact) mass is 802 g/mol. The number of hydrogen-bond acceptors (Lipinski definition) is 8. The number of aliphatic carboxylic acids is 1. The highest BCUT2D eigenvalue weighted by Crippen LogP contribution is 2.30. The van der Waals surface area contributed by atoms with Crippen molar-refractivity contribution in [1.29, 1.82) is 0 Å². The van der Waals surface area contributed by atoms with E-state index in [1.54, 1.807) is 30.9 Å². The molecule has 4 amide bonds. The van der Waals surface area contributed by atoms with Crippen LogP contribution >= 0.6 is 0 Å². The molecule has 57 heavy (non-hydrogen) atoms. The first-order valence-corrected chi connectivity index (χ1v) is 21.2. The van der Waals surface area contributed by atoms with Gasteiger partial charge in [-0.2, -0.15) is 0 Å². The molecule has 0 bridgehead atoms. The van der Waals surface area contributed by atoms with E-state index in [0.717, 1.165) is 37.9 Å². The fourth-order valence-corrected chi connectivity index (χ4v) is 8.49. The van der Waals surface area contributed by atoms with Crippen molar-refractivity contribution < 1.29 is 38.6 Å². The number of carbonyl (C=O) groups is 5. The van der Waals surface area contributed by atoms with Crippen LogP contribution in [0.4, 0.5) is 0 Å². The van der Waals surface area contributed by atoms with E-state index in [2.05, 4.69) is 29.4 Å². The maximum absolute atomic E-state index is 14.5. The maximum atomic E-state index is 14.5. The number of amides is 4. The van der Waals surface area contributed by atoms with Crippen molar-refractivity contribution in [3.63, 3.8) is 0 Å². The number of nitrogens with zero attached hydrogens (tertiary/aromatic N) is 3. The zero-order valence-corrected chi connectivity index (χ0v) is 37.0. The highest BCUT2D eigenvalue weighted by atomic mass is 16.5. The van der Waals surface area contributed by atoms with Gasteiger partial charge in [0.1, 0.15) is 12.1 Å². The second kappa shape index (κ2) is 24.4. The van der Waals surface area contributed by atoms with Gasteiger partial charge in [-0.25, -0.2) is 4.79 Å². The van der Waals surface area contributed by atoms with Crippen molar-refractivity contribution >= 4 is 29.6 Å². The lowest BCUT2D eigenvalue weighted by atomic mass is 9.89. The molecule has 1 saturated heterocycles. The molecule has 2 rings (SSSR count).